The molecule has 120 valence electrons. The summed E-state index contributed by atoms with van der Waals surface area (Å²) in [7, 11) is 1.47. The van der Waals surface area contributed by atoms with Crippen molar-refractivity contribution >= 4 is 11.9 Å². The highest BCUT2D eigenvalue weighted by molar-refractivity contribution is 5.97. The zero-order chi connectivity index (χ0) is 16.7. The zero-order valence-corrected chi connectivity index (χ0v) is 13.3. The van der Waals surface area contributed by atoms with Crippen LogP contribution in [0.5, 0.6) is 0 Å². The number of amides is 3. The minimum Gasteiger partial charge on any atom is -0.341 e. The third kappa shape index (κ3) is 4.93. The molecule has 0 spiro atoms. The highest BCUT2D eigenvalue weighted by atomic mass is 16.2. The molecule has 2 aromatic carbocycles. The topological polar surface area (TPSA) is 70.2 Å². The molecule has 0 aliphatic heterocycles. The molecule has 0 unspecified atom stereocenters. The van der Waals surface area contributed by atoms with Crippen LogP contribution in [0.3, 0.4) is 0 Å². The molecule has 5 heteroatoms. The maximum atomic E-state index is 12.4. The normalized spacial score (nSPS) is 11.6. The van der Waals surface area contributed by atoms with Crippen molar-refractivity contribution in [3.63, 3.8) is 0 Å². The number of urea groups is 1. The molecule has 3 N–H and O–H groups in total. The molecule has 0 saturated carbocycles. The number of rotatable bonds is 5. The summed E-state index contributed by atoms with van der Waals surface area (Å²) >= 11 is 0. The van der Waals surface area contributed by atoms with Crippen LogP contribution in [0, 0.1) is 6.92 Å². The summed E-state index contributed by atoms with van der Waals surface area (Å²) in [5.41, 5.74) is 3.07. The van der Waals surface area contributed by atoms with Crippen molar-refractivity contribution in [2.45, 2.75) is 19.5 Å². The number of imide groups is 1. The molecule has 2 rings (SSSR count). The Hall–Kier alpha value is -2.66. The van der Waals surface area contributed by atoms with Crippen LogP contribution in [0.4, 0.5) is 4.79 Å². The average molecular weight is 311 g/mol. The molecule has 0 heterocycles. The van der Waals surface area contributed by atoms with Crippen LogP contribution in [0.15, 0.2) is 54.6 Å². The van der Waals surface area contributed by atoms with E-state index in [2.05, 4.69) is 16.0 Å². The number of hydrogen-bond acceptors (Lipinski definition) is 3. The first-order chi connectivity index (χ1) is 11.1. The summed E-state index contributed by atoms with van der Waals surface area (Å²) in [6.45, 7) is 2.56. The van der Waals surface area contributed by atoms with Gasteiger partial charge in [0.05, 0.1) is 0 Å². The third-order valence-corrected chi connectivity index (χ3v) is 3.49. The van der Waals surface area contributed by atoms with Gasteiger partial charge in [0.15, 0.2) is 0 Å². The Bertz CT molecular complexity index is 654. The first kappa shape index (κ1) is 16.7. The van der Waals surface area contributed by atoms with Gasteiger partial charge >= 0.3 is 6.03 Å². The Balaban J connectivity index is 2.11. The van der Waals surface area contributed by atoms with Crippen molar-refractivity contribution in [3.05, 3.63) is 71.3 Å². The summed E-state index contributed by atoms with van der Waals surface area (Å²) < 4.78 is 0. The molecule has 1 atom stereocenters. The summed E-state index contributed by atoms with van der Waals surface area (Å²) in [5.74, 6) is -0.386. The van der Waals surface area contributed by atoms with E-state index in [1.165, 1.54) is 12.6 Å². The van der Waals surface area contributed by atoms with E-state index in [0.717, 1.165) is 11.1 Å². The molecule has 0 aliphatic rings. The minimum atomic E-state index is -0.602. The average Bonchev–Trinajstić information content (AvgIpc) is 2.57. The lowest BCUT2D eigenvalue weighted by atomic mass is 10.1. The predicted molar refractivity (Wildman–Crippen MR) is 89.8 cm³/mol. The SMILES string of the molecule is CNC(=O)NC(=O)[C@@H](NCc1ccc(C)cc1)c1ccccc1. The van der Waals surface area contributed by atoms with Gasteiger partial charge in [-0.1, -0.05) is 60.2 Å². The summed E-state index contributed by atoms with van der Waals surface area (Å²) in [4.78, 5) is 23.8. The van der Waals surface area contributed by atoms with E-state index in [4.69, 9.17) is 0 Å². The summed E-state index contributed by atoms with van der Waals surface area (Å²) in [5, 5.41) is 7.91. The van der Waals surface area contributed by atoms with Crippen LogP contribution in [-0.2, 0) is 11.3 Å². The Morgan fingerprint density at radius 3 is 2.26 bits per heavy atom. The second kappa shape index (κ2) is 8.10. The molecule has 0 bridgehead atoms. The fourth-order valence-corrected chi connectivity index (χ4v) is 2.18. The second-order valence-electron chi connectivity index (χ2n) is 5.28. The van der Waals surface area contributed by atoms with Gasteiger partial charge in [0.25, 0.3) is 0 Å². The van der Waals surface area contributed by atoms with Gasteiger partial charge in [-0.3, -0.25) is 15.4 Å². The van der Waals surface area contributed by atoms with E-state index in [-0.39, 0.29) is 5.91 Å². The molecule has 23 heavy (non-hydrogen) atoms. The first-order valence-electron chi connectivity index (χ1n) is 7.46. The quantitative estimate of drug-likeness (QED) is 0.793. The first-order valence-corrected chi connectivity index (χ1v) is 7.46. The van der Waals surface area contributed by atoms with Gasteiger partial charge < -0.3 is 5.32 Å². The van der Waals surface area contributed by atoms with Crippen LogP contribution < -0.4 is 16.0 Å². The van der Waals surface area contributed by atoms with Crippen LogP contribution in [0.2, 0.25) is 0 Å². The standard InChI is InChI=1S/C18H21N3O2/c1-13-8-10-14(11-9-13)12-20-16(15-6-4-3-5-7-15)17(22)21-18(23)19-2/h3-11,16,20H,12H2,1-2H3,(H2,19,21,22,23)/t16-/m0/s1. The van der Waals surface area contributed by atoms with Crippen molar-refractivity contribution in [3.8, 4) is 0 Å². The molecule has 0 saturated heterocycles. The van der Waals surface area contributed by atoms with Gasteiger partial charge in [-0.05, 0) is 18.1 Å². The van der Waals surface area contributed by atoms with E-state index in [0.29, 0.717) is 6.54 Å². The summed E-state index contributed by atoms with van der Waals surface area (Å²) in [6.07, 6.45) is 0. The van der Waals surface area contributed by atoms with Gasteiger partial charge in [-0.25, -0.2) is 4.79 Å². The van der Waals surface area contributed by atoms with Crippen molar-refractivity contribution in [2.75, 3.05) is 7.05 Å². The maximum absolute atomic E-state index is 12.4. The number of carbonyl (C=O) groups is 2. The van der Waals surface area contributed by atoms with Crippen molar-refractivity contribution < 1.29 is 9.59 Å². The molecular formula is C18H21N3O2. The molecule has 5 nitrogen and oxygen atoms in total. The van der Waals surface area contributed by atoms with E-state index in [1.807, 2.05) is 61.5 Å². The molecule has 0 radical (unpaired) electrons. The lowest BCUT2D eigenvalue weighted by Gasteiger charge is -2.18. The van der Waals surface area contributed by atoms with Gasteiger partial charge in [-0.2, -0.15) is 0 Å². The van der Waals surface area contributed by atoms with E-state index >= 15 is 0 Å². The van der Waals surface area contributed by atoms with Crippen molar-refractivity contribution in [1.82, 2.24) is 16.0 Å². The monoisotopic (exact) mass is 311 g/mol. The largest absolute Gasteiger partial charge is 0.341 e. The van der Waals surface area contributed by atoms with E-state index in [9.17, 15) is 9.59 Å². The number of nitrogens with one attached hydrogen (secondary N) is 3. The van der Waals surface area contributed by atoms with Gasteiger partial charge in [-0.15, -0.1) is 0 Å². The van der Waals surface area contributed by atoms with E-state index < -0.39 is 12.1 Å². The van der Waals surface area contributed by atoms with Gasteiger partial charge in [0.1, 0.15) is 6.04 Å². The van der Waals surface area contributed by atoms with Gasteiger partial charge in [0, 0.05) is 13.6 Å². The molecule has 2 aromatic rings. The highest BCUT2D eigenvalue weighted by Crippen LogP contribution is 2.14. The van der Waals surface area contributed by atoms with E-state index in [1.54, 1.807) is 0 Å². The lowest BCUT2D eigenvalue weighted by molar-refractivity contribution is -0.122. The van der Waals surface area contributed by atoms with Crippen molar-refractivity contribution in [1.29, 1.82) is 0 Å². The highest BCUT2D eigenvalue weighted by Gasteiger charge is 2.21. The predicted octanol–water partition coefficient (Wildman–Crippen LogP) is 2.28. The Labute approximate surface area is 136 Å². The smallest absolute Gasteiger partial charge is 0.321 e. The number of benzene rings is 2. The van der Waals surface area contributed by atoms with Crippen LogP contribution in [-0.4, -0.2) is 19.0 Å². The fourth-order valence-electron chi connectivity index (χ4n) is 2.18. The number of aryl methyl sites for hydroxylation is 1. The summed E-state index contributed by atoms with van der Waals surface area (Å²) in [6, 6.07) is 16.3. The Kier molecular flexibility index (Phi) is 5.88. The second-order valence-corrected chi connectivity index (χ2v) is 5.28. The fraction of sp³-hybridized carbons (Fsp3) is 0.222. The lowest BCUT2D eigenvalue weighted by Crippen LogP contribution is -2.43. The van der Waals surface area contributed by atoms with Crippen LogP contribution in [0.1, 0.15) is 22.7 Å². The van der Waals surface area contributed by atoms with Crippen LogP contribution in [0.25, 0.3) is 0 Å². The zero-order valence-electron chi connectivity index (χ0n) is 13.3. The molecule has 3 amide bonds. The number of hydrogen-bond donors (Lipinski definition) is 3. The van der Waals surface area contributed by atoms with Gasteiger partial charge in [0.2, 0.25) is 5.91 Å². The Morgan fingerprint density at radius 1 is 1.00 bits per heavy atom. The van der Waals surface area contributed by atoms with Crippen molar-refractivity contribution in [2.24, 2.45) is 0 Å². The molecule has 0 aliphatic carbocycles. The number of carbonyl (C=O) groups excluding carboxylic acids is 2. The molecule has 0 fully saturated rings. The molecule has 0 aromatic heterocycles. The Morgan fingerprint density at radius 2 is 1.65 bits per heavy atom. The minimum absolute atomic E-state index is 0.386. The third-order valence-electron chi connectivity index (χ3n) is 3.49. The maximum Gasteiger partial charge on any atom is 0.321 e. The molecular weight excluding hydrogens is 290 g/mol. The van der Waals surface area contributed by atoms with Crippen LogP contribution >= 0.6 is 0 Å².